The summed E-state index contributed by atoms with van der Waals surface area (Å²) in [5.41, 5.74) is 16.4. The number of hydrogen-bond donors (Lipinski definition) is 0. The quantitative estimate of drug-likeness (QED) is 0.108. The fourth-order valence-corrected chi connectivity index (χ4v) is 11.1. The predicted molar refractivity (Wildman–Crippen MR) is 322 cm³/mol. The van der Waals surface area contributed by atoms with E-state index in [-0.39, 0.29) is 43.7 Å². The van der Waals surface area contributed by atoms with Crippen LogP contribution in [0.1, 0.15) is 133 Å². The second-order valence-electron chi connectivity index (χ2n) is 23.5. The fraction of sp³-hybridized carbons (Fsp3) is 0.222. The third-order valence-electron chi connectivity index (χ3n) is 15.9. The average molecular weight is 1200 g/mol. The van der Waals surface area contributed by atoms with Crippen LogP contribution in [0.3, 0.4) is 0 Å². The van der Waals surface area contributed by atoms with Gasteiger partial charge in [0, 0.05) is 66.6 Å². The first-order chi connectivity index (χ1) is 36.9. The summed E-state index contributed by atoms with van der Waals surface area (Å²) in [6.45, 7) is 27.5. The standard InChI is InChI=1S/C72H69N4O.Pt/c1-48(2)61-31-23-32-62(49(3)4)69(61)67-46-74(57-39-51(50-24-15-12-16-25-50)38-55(40-57)70(5,6)7)47-75(67)58-41-56(72(10,11)53-28-19-14-20-29-53)42-60(44-58)77-59-34-35-64-63-30-21-22-33-65(63)76(66(64)45-59)68-43-54(36-37-73-68)71(8,9)52-26-17-13-18-27-52;/h12-43,46-49H,1-11H3;/q-3;. The molecule has 3 heterocycles. The normalized spacial score (nSPS) is 13.2. The third-order valence-corrected chi connectivity index (χ3v) is 15.9. The zero-order valence-corrected chi connectivity index (χ0v) is 49.1. The molecule has 8 aromatic carbocycles. The largest absolute Gasteiger partial charge is 0.509 e. The molecule has 0 spiro atoms. The number of benzene rings is 8. The van der Waals surface area contributed by atoms with Gasteiger partial charge in [-0.25, -0.2) is 4.98 Å². The van der Waals surface area contributed by atoms with Gasteiger partial charge in [-0.05, 0) is 109 Å². The minimum absolute atomic E-state index is 0. The van der Waals surface area contributed by atoms with E-state index in [0.717, 1.165) is 50.3 Å². The molecule has 396 valence electrons. The number of nitrogens with zero attached hydrogens (tertiary/aromatic N) is 4. The molecule has 1 aliphatic rings. The number of para-hydroxylation sites is 1. The molecule has 0 amide bonds. The third kappa shape index (κ3) is 10.3. The number of ether oxygens (including phenoxy) is 1. The minimum Gasteiger partial charge on any atom is -0.509 e. The Labute approximate surface area is 477 Å². The van der Waals surface area contributed by atoms with E-state index in [2.05, 4.69) is 298 Å². The molecule has 0 bridgehead atoms. The van der Waals surface area contributed by atoms with Crippen LogP contribution in [0.4, 0.5) is 11.4 Å². The second-order valence-corrected chi connectivity index (χ2v) is 23.5. The molecule has 78 heavy (non-hydrogen) atoms. The molecule has 0 fully saturated rings. The predicted octanol–water partition coefficient (Wildman–Crippen LogP) is 18.9. The van der Waals surface area contributed by atoms with Crippen LogP contribution < -0.4 is 14.5 Å². The van der Waals surface area contributed by atoms with Gasteiger partial charge in [0.2, 0.25) is 0 Å². The molecule has 0 radical (unpaired) electrons. The van der Waals surface area contributed by atoms with E-state index >= 15 is 0 Å². The molecule has 2 aromatic heterocycles. The molecule has 0 atom stereocenters. The summed E-state index contributed by atoms with van der Waals surface area (Å²) in [4.78, 5) is 9.69. The molecule has 6 heteroatoms. The van der Waals surface area contributed by atoms with Gasteiger partial charge in [0.15, 0.2) is 0 Å². The van der Waals surface area contributed by atoms with Gasteiger partial charge in [0.25, 0.3) is 0 Å². The van der Waals surface area contributed by atoms with E-state index in [1.807, 2.05) is 12.3 Å². The monoisotopic (exact) mass is 1200 g/mol. The number of aromatic nitrogens is 2. The van der Waals surface area contributed by atoms with Crippen LogP contribution in [0.25, 0.3) is 44.4 Å². The Kier molecular flexibility index (Phi) is 14.8. The second kappa shape index (κ2) is 21.4. The van der Waals surface area contributed by atoms with Crippen LogP contribution in [0.15, 0.2) is 200 Å². The van der Waals surface area contributed by atoms with Gasteiger partial charge in [-0.2, -0.15) is 6.07 Å². The summed E-state index contributed by atoms with van der Waals surface area (Å²) < 4.78 is 9.39. The summed E-state index contributed by atoms with van der Waals surface area (Å²) in [5, 5.41) is 2.20. The van der Waals surface area contributed by atoms with Gasteiger partial charge >= 0.3 is 0 Å². The molecule has 0 N–H and O–H groups in total. The van der Waals surface area contributed by atoms with Crippen molar-refractivity contribution in [2.24, 2.45) is 0 Å². The van der Waals surface area contributed by atoms with Crippen molar-refractivity contribution in [3.8, 4) is 28.4 Å². The summed E-state index contributed by atoms with van der Waals surface area (Å²) in [7, 11) is 0. The number of rotatable bonds is 13. The zero-order valence-electron chi connectivity index (χ0n) is 46.8. The Bertz CT molecular complexity index is 3780. The Morgan fingerprint density at radius 1 is 0.513 bits per heavy atom. The van der Waals surface area contributed by atoms with Crippen LogP contribution in [0.2, 0.25) is 0 Å². The number of hydrogen-bond acceptors (Lipinski definition) is 4. The van der Waals surface area contributed by atoms with Crippen molar-refractivity contribution in [3.63, 3.8) is 0 Å². The van der Waals surface area contributed by atoms with Crippen LogP contribution in [0.5, 0.6) is 11.5 Å². The van der Waals surface area contributed by atoms with E-state index in [4.69, 9.17) is 9.72 Å². The summed E-state index contributed by atoms with van der Waals surface area (Å²) in [6, 6.07) is 75.3. The van der Waals surface area contributed by atoms with E-state index in [9.17, 15) is 0 Å². The van der Waals surface area contributed by atoms with Crippen molar-refractivity contribution in [1.29, 1.82) is 0 Å². The van der Waals surface area contributed by atoms with Gasteiger partial charge < -0.3 is 19.1 Å². The van der Waals surface area contributed by atoms with E-state index in [1.54, 1.807) is 0 Å². The van der Waals surface area contributed by atoms with Crippen molar-refractivity contribution in [3.05, 3.63) is 264 Å². The Balaban J connectivity index is 0.00000688. The van der Waals surface area contributed by atoms with Gasteiger partial charge in [-0.15, -0.1) is 53.6 Å². The molecule has 11 rings (SSSR count). The maximum Gasteiger partial charge on any atom is 0.135 e. The Morgan fingerprint density at radius 2 is 1.13 bits per heavy atom. The molecule has 1 aliphatic heterocycles. The smallest absolute Gasteiger partial charge is 0.135 e. The molecular weight excluding hydrogens is 1130 g/mol. The number of fused-ring (bicyclic) bond motifs is 3. The summed E-state index contributed by atoms with van der Waals surface area (Å²) in [6.07, 6.45) is 4.26. The van der Waals surface area contributed by atoms with Crippen LogP contribution in [-0.2, 0) is 37.3 Å². The SMILES string of the molecule is CC(C)c1cccc(C(C)C)c1C1=CN(c2cc(-c3ccccc3)cc(C(C)(C)C)c2)[CH-]N1c1[c-]c(Oc2[c-]c3c(cc2)c2ccccc2n3-c2cc(C(C)(C)c3ccccc3)ccn2)cc(C(C)(C)c2ccccc2)c1.[Pt]. The minimum atomic E-state index is -0.415. The van der Waals surface area contributed by atoms with Crippen molar-refractivity contribution in [1.82, 2.24) is 9.55 Å². The van der Waals surface area contributed by atoms with Gasteiger partial charge in [0.1, 0.15) is 5.82 Å². The first kappa shape index (κ1) is 53.9. The number of anilines is 2. The molecule has 5 nitrogen and oxygen atoms in total. The van der Waals surface area contributed by atoms with E-state index in [0.29, 0.717) is 11.5 Å². The van der Waals surface area contributed by atoms with Gasteiger partial charge in [-0.3, -0.25) is 0 Å². The van der Waals surface area contributed by atoms with Gasteiger partial charge in [-0.1, -0.05) is 215 Å². The van der Waals surface area contributed by atoms with E-state index in [1.165, 1.54) is 50.1 Å². The van der Waals surface area contributed by atoms with Crippen molar-refractivity contribution >= 4 is 38.9 Å². The first-order valence-corrected chi connectivity index (χ1v) is 27.2. The van der Waals surface area contributed by atoms with Crippen molar-refractivity contribution in [2.75, 3.05) is 9.80 Å². The Hall–Kier alpha value is -7.46. The van der Waals surface area contributed by atoms with E-state index < -0.39 is 5.41 Å². The van der Waals surface area contributed by atoms with Crippen molar-refractivity contribution < 1.29 is 25.8 Å². The maximum atomic E-state index is 7.16. The molecule has 0 saturated carbocycles. The summed E-state index contributed by atoms with van der Waals surface area (Å²) in [5.74, 6) is 2.55. The zero-order chi connectivity index (χ0) is 53.8. The average Bonchev–Trinajstić information content (AvgIpc) is 4.21. The van der Waals surface area contributed by atoms with Crippen LogP contribution >= 0.6 is 0 Å². The topological polar surface area (TPSA) is 33.5 Å². The molecular formula is C72H69N4OPt-3. The van der Waals surface area contributed by atoms with Crippen LogP contribution in [-0.4, -0.2) is 9.55 Å². The van der Waals surface area contributed by atoms with Gasteiger partial charge in [0.05, 0.1) is 0 Å². The van der Waals surface area contributed by atoms with Crippen molar-refractivity contribution in [2.45, 2.75) is 104 Å². The first-order valence-electron chi connectivity index (χ1n) is 27.2. The Morgan fingerprint density at radius 3 is 1.77 bits per heavy atom. The molecule has 0 aliphatic carbocycles. The summed E-state index contributed by atoms with van der Waals surface area (Å²) >= 11 is 0. The molecule has 10 aromatic rings. The number of pyridine rings is 1. The maximum absolute atomic E-state index is 7.16. The van der Waals surface area contributed by atoms with Crippen LogP contribution in [0, 0.1) is 18.8 Å². The molecule has 0 saturated heterocycles. The fourth-order valence-electron chi connectivity index (χ4n) is 11.1. The molecule has 0 unspecified atom stereocenters.